The zero-order valence-corrected chi connectivity index (χ0v) is 25.3. The van der Waals surface area contributed by atoms with Crippen LogP contribution in [0.25, 0.3) is 0 Å². The summed E-state index contributed by atoms with van der Waals surface area (Å²) < 4.78 is 27.5. The quantitative estimate of drug-likeness (QED) is 0.288. The first kappa shape index (κ1) is 30.7. The predicted molar refractivity (Wildman–Crippen MR) is 160 cm³/mol. The molecule has 1 N–H and O–H groups in total. The maximum atomic E-state index is 14.0. The fraction of sp³-hybridized carbons (Fsp3) is 0.310. The molecule has 39 heavy (non-hydrogen) atoms. The second-order valence-electron chi connectivity index (χ2n) is 9.42. The molecule has 0 fully saturated rings. The maximum absolute atomic E-state index is 14.0. The van der Waals surface area contributed by atoms with Crippen molar-refractivity contribution < 1.29 is 18.0 Å². The standard InChI is InChI=1S/C29H33BrClN3O4S/c1-4-21(2)32-29(36)27(17-22-9-6-5-7-10-22)33(19-23-13-15-24(30)16-14-23)28(35)20-34(39(3,37)38)26-12-8-11-25(31)18-26/h5-16,18,21,27H,4,17,19-20H2,1-3H3,(H,32,36)/t21-,27+/m0/s1. The zero-order chi connectivity index (χ0) is 28.6. The number of carbonyl (C=O) groups excluding carboxylic acids is 2. The van der Waals surface area contributed by atoms with Crippen LogP contribution in [0.4, 0.5) is 5.69 Å². The molecule has 3 aromatic carbocycles. The van der Waals surface area contributed by atoms with Crippen LogP contribution in [-0.4, -0.2) is 50.0 Å². The van der Waals surface area contributed by atoms with Crippen molar-refractivity contribution in [1.82, 2.24) is 10.2 Å². The van der Waals surface area contributed by atoms with Crippen molar-refractivity contribution in [1.29, 1.82) is 0 Å². The van der Waals surface area contributed by atoms with Gasteiger partial charge in [0.2, 0.25) is 21.8 Å². The summed E-state index contributed by atoms with van der Waals surface area (Å²) in [7, 11) is -3.85. The third-order valence-corrected chi connectivity index (χ3v) is 8.22. The van der Waals surface area contributed by atoms with E-state index in [-0.39, 0.29) is 30.6 Å². The lowest BCUT2D eigenvalue weighted by Gasteiger charge is -2.34. The molecule has 0 aliphatic carbocycles. The Balaban J connectivity index is 2.05. The summed E-state index contributed by atoms with van der Waals surface area (Å²) >= 11 is 9.56. The van der Waals surface area contributed by atoms with Gasteiger partial charge in [0.25, 0.3) is 0 Å². The Morgan fingerprint density at radius 1 is 0.974 bits per heavy atom. The van der Waals surface area contributed by atoms with Crippen molar-refractivity contribution in [2.75, 3.05) is 17.1 Å². The molecule has 7 nitrogen and oxygen atoms in total. The van der Waals surface area contributed by atoms with Gasteiger partial charge in [-0.2, -0.15) is 0 Å². The van der Waals surface area contributed by atoms with Gasteiger partial charge in [-0.3, -0.25) is 13.9 Å². The molecule has 3 aromatic rings. The highest BCUT2D eigenvalue weighted by atomic mass is 79.9. The van der Waals surface area contributed by atoms with Crippen molar-refractivity contribution >= 4 is 55.1 Å². The van der Waals surface area contributed by atoms with Crippen molar-refractivity contribution in [3.8, 4) is 0 Å². The number of sulfonamides is 1. The molecule has 0 unspecified atom stereocenters. The van der Waals surface area contributed by atoms with Crippen LogP contribution in [0.1, 0.15) is 31.4 Å². The molecule has 2 amide bonds. The van der Waals surface area contributed by atoms with Crippen LogP contribution in [0.2, 0.25) is 5.02 Å². The molecule has 0 aromatic heterocycles. The first-order valence-electron chi connectivity index (χ1n) is 12.6. The first-order chi connectivity index (χ1) is 18.5. The van der Waals surface area contributed by atoms with Crippen LogP contribution in [-0.2, 0) is 32.6 Å². The lowest BCUT2D eigenvalue weighted by Crippen LogP contribution is -2.54. The third-order valence-electron chi connectivity index (χ3n) is 6.31. The van der Waals surface area contributed by atoms with E-state index in [1.165, 1.54) is 11.0 Å². The third kappa shape index (κ3) is 9.08. The minimum atomic E-state index is -3.85. The Morgan fingerprint density at radius 3 is 2.23 bits per heavy atom. The highest BCUT2D eigenvalue weighted by Gasteiger charge is 2.33. The lowest BCUT2D eigenvalue weighted by molar-refractivity contribution is -0.140. The highest BCUT2D eigenvalue weighted by Crippen LogP contribution is 2.23. The van der Waals surface area contributed by atoms with Gasteiger partial charge in [0.05, 0.1) is 11.9 Å². The van der Waals surface area contributed by atoms with Gasteiger partial charge in [-0.25, -0.2) is 8.42 Å². The van der Waals surface area contributed by atoms with E-state index in [0.717, 1.165) is 32.6 Å². The minimum Gasteiger partial charge on any atom is -0.352 e. The van der Waals surface area contributed by atoms with Gasteiger partial charge in [-0.05, 0) is 54.8 Å². The number of anilines is 1. The Morgan fingerprint density at radius 2 is 1.64 bits per heavy atom. The smallest absolute Gasteiger partial charge is 0.244 e. The molecule has 0 saturated carbocycles. The first-order valence-corrected chi connectivity index (χ1v) is 15.6. The minimum absolute atomic E-state index is 0.0978. The van der Waals surface area contributed by atoms with Gasteiger partial charge in [-0.1, -0.05) is 83.0 Å². The predicted octanol–water partition coefficient (Wildman–Crippen LogP) is 5.42. The van der Waals surface area contributed by atoms with Crippen LogP contribution in [0.15, 0.2) is 83.3 Å². The summed E-state index contributed by atoms with van der Waals surface area (Å²) in [6.45, 7) is 3.50. The van der Waals surface area contributed by atoms with Crippen LogP contribution < -0.4 is 9.62 Å². The number of nitrogens with zero attached hydrogens (tertiary/aromatic N) is 2. The molecule has 0 heterocycles. The van der Waals surface area contributed by atoms with Crippen molar-refractivity contribution in [2.24, 2.45) is 0 Å². The zero-order valence-electron chi connectivity index (χ0n) is 22.2. The SMILES string of the molecule is CC[C@H](C)NC(=O)[C@@H](Cc1ccccc1)N(Cc1ccc(Br)cc1)C(=O)CN(c1cccc(Cl)c1)S(C)(=O)=O. The summed E-state index contributed by atoms with van der Waals surface area (Å²) in [5, 5.41) is 3.36. The topological polar surface area (TPSA) is 86.8 Å². The molecule has 2 atom stereocenters. The second kappa shape index (κ2) is 14.0. The van der Waals surface area contributed by atoms with Gasteiger partial charge in [0.15, 0.2) is 0 Å². The van der Waals surface area contributed by atoms with Gasteiger partial charge in [0, 0.05) is 28.5 Å². The van der Waals surface area contributed by atoms with Crippen molar-refractivity contribution in [3.05, 3.63) is 99.5 Å². The number of benzene rings is 3. The van der Waals surface area contributed by atoms with E-state index in [9.17, 15) is 18.0 Å². The highest BCUT2D eigenvalue weighted by molar-refractivity contribution is 9.10. The molecule has 0 saturated heterocycles. The number of hydrogen-bond acceptors (Lipinski definition) is 4. The molecular formula is C29H33BrClN3O4S. The van der Waals surface area contributed by atoms with Crippen molar-refractivity contribution in [2.45, 2.75) is 45.3 Å². The van der Waals surface area contributed by atoms with Crippen molar-refractivity contribution in [3.63, 3.8) is 0 Å². The van der Waals surface area contributed by atoms with Gasteiger partial charge in [0.1, 0.15) is 12.6 Å². The molecule has 208 valence electrons. The molecule has 0 spiro atoms. The fourth-order valence-electron chi connectivity index (χ4n) is 4.03. The Hall–Kier alpha value is -2.88. The number of hydrogen-bond donors (Lipinski definition) is 1. The average molecular weight is 635 g/mol. The summed E-state index contributed by atoms with van der Waals surface area (Å²) in [5.41, 5.74) is 1.95. The van der Waals surface area contributed by atoms with E-state index in [2.05, 4.69) is 21.2 Å². The number of nitrogens with one attached hydrogen (secondary N) is 1. The molecule has 0 aliphatic rings. The van der Waals surface area contributed by atoms with E-state index in [0.29, 0.717) is 5.02 Å². The second-order valence-corrected chi connectivity index (χ2v) is 12.7. The molecule has 0 bridgehead atoms. The largest absolute Gasteiger partial charge is 0.352 e. The van der Waals surface area contributed by atoms with Crippen LogP contribution >= 0.6 is 27.5 Å². The van der Waals surface area contributed by atoms with E-state index < -0.39 is 28.5 Å². The van der Waals surface area contributed by atoms with E-state index in [1.807, 2.05) is 68.4 Å². The number of rotatable bonds is 12. The summed E-state index contributed by atoms with van der Waals surface area (Å²) in [4.78, 5) is 29.1. The van der Waals surface area contributed by atoms with E-state index in [4.69, 9.17) is 11.6 Å². The summed E-state index contributed by atoms with van der Waals surface area (Å²) in [5.74, 6) is -0.809. The lowest BCUT2D eigenvalue weighted by atomic mass is 10.0. The van der Waals surface area contributed by atoms with Crippen LogP contribution in [0.3, 0.4) is 0 Å². The molecule has 10 heteroatoms. The fourth-order valence-corrected chi connectivity index (χ4v) is 5.32. The molecule has 0 aliphatic heterocycles. The Labute approximate surface area is 244 Å². The van der Waals surface area contributed by atoms with Gasteiger partial charge < -0.3 is 10.2 Å². The summed E-state index contributed by atoms with van der Waals surface area (Å²) in [6, 6.07) is 22.2. The monoisotopic (exact) mass is 633 g/mol. The Kier molecular flexibility index (Phi) is 11.0. The Bertz CT molecular complexity index is 1370. The normalized spacial score (nSPS) is 12.8. The van der Waals surface area contributed by atoms with Crippen LogP contribution in [0, 0.1) is 0 Å². The maximum Gasteiger partial charge on any atom is 0.244 e. The van der Waals surface area contributed by atoms with E-state index in [1.54, 1.807) is 18.2 Å². The molecule has 3 rings (SSSR count). The molecule has 0 radical (unpaired) electrons. The number of halogens is 2. The average Bonchev–Trinajstić information content (AvgIpc) is 2.90. The van der Waals surface area contributed by atoms with Crippen LogP contribution in [0.5, 0.6) is 0 Å². The number of carbonyl (C=O) groups is 2. The summed E-state index contributed by atoms with van der Waals surface area (Å²) in [6.07, 6.45) is 2.03. The number of amides is 2. The molecular weight excluding hydrogens is 602 g/mol. The van der Waals surface area contributed by atoms with Gasteiger partial charge >= 0.3 is 0 Å². The van der Waals surface area contributed by atoms with E-state index >= 15 is 0 Å². The van der Waals surface area contributed by atoms with Gasteiger partial charge in [-0.15, -0.1) is 0 Å².